The maximum Gasteiger partial charge on any atom is 0.515 e. The molecule has 0 unspecified atom stereocenters. The van der Waals surface area contributed by atoms with Gasteiger partial charge in [0.1, 0.15) is 0 Å². The second-order valence-electron chi connectivity index (χ2n) is 3.41. The summed E-state index contributed by atoms with van der Waals surface area (Å²) >= 11 is 0. The van der Waals surface area contributed by atoms with Crippen LogP contribution in [0.3, 0.4) is 0 Å². The smallest absolute Gasteiger partial charge is 0.382 e. The summed E-state index contributed by atoms with van der Waals surface area (Å²) in [6, 6.07) is 0. The molecule has 110 valence electrons. The molecule has 8 heteroatoms. The van der Waals surface area contributed by atoms with E-state index in [1.807, 2.05) is 0 Å². The number of hydrogen-bond acceptors (Lipinski definition) is 7. The summed E-state index contributed by atoms with van der Waals surface area (Å²) < 4.78 is 31.7. The zero-order valence-electron chi connectivity index (χ0n) is 11.5. The maximum atomic E-state index is 5.72. The molecule has 18 heavy (non-hydrogen) atoms. The van der Waals surface area contributed by atoms with Crippen LogP contribution in [0.4, 0.5) is 0 Å². The van der Waals surface area contributed by atoms with E-state index in [1.54, 1.807) is 21.3 Å². The minimum Gasteiger partial charge on any atom is -0.382 e. The molecule has 0 bridgehead atoms. The zero-order chi connectivity index (χ0) is 13.7. The van der Waals surface area contributed by atoms with Crippen LogP contribution < -0.4 is 5.73 Å². The number of methoxy groups -OCH3 is 3. The predicted molar refractivity (Wildman–Crippen MR) is 68.3 cm³/mol. The molecule has 0 heterocycles. The van der Waals surface area contributed by atoms with Crippen molar-refractivity contribution in [3.63, 3.8) is 0 Å². The Hall–Kier alpha value is -0.0631. The molecule has 0 spiro atoms. The number of rotatable bonds is 13. The minimum absolute atomic E-state index is 0.212. The number of ether oxygens (including phenoxy) is 3. The van der Waals surface area contributed by atoms with E-state index in [4.69, 9.17) is 33.2 Å². The lowest BCUT2D eigenvalue weighted by atomic mass is 10.8. The van der Waals surface area contributed by atoms with Gasteiger partial charge in [-0.15, -0.1) is 0 Å². The molecule has 0 aromatic rings. The van der Waals surface area contributed by atoms with E-state index >= 15 is 0 Å². The molecule has 0 radical (unpaired) electrons. The van der Waals surface area contributed by atoms with E-state index < -0.39 is 8.80 Å². The Morgan fingerprint density at radius 2 is 1.00 bits per heavy atom. The van der Waals surface area contributed by atoms with Gasteiger partial charge in [0.2, 0.25) is 0 Å². The molecule has 0 saturated carbocycles. The fraction of sp³-hybridized carbons (Fsp3) is 1.00. The van der Waals surface area contributed by atoms with Crippen LogP contribution in [0.5, 0.6) is 0 Å². The van der Waals surface area contributed by atoms with Crippen molar-refractivity contribution in [1.82, 2.24) is 0 Å². The van der Waals surface area contributed by atoms with Crippen molar-refractivity contribution in [2.24, 2.45) is 5.73 Å². The minimum atomic E-state index is -2.84. The summed E-state index contributed by atoms with van der Waals surface area (Å²) in [6.07, 6.45) is 0.212. The van der Waals surface area contributed by atoms with Gasteiger partial charge in [-0.2, -0.15) is 0 Å². The van der Waals surface area contributed by atoms with E-state index in [0.717, 1.165) is 0 Å². The summed E-state index contributed by atoms with van der Waals surface area (Å²) in [5.74, 6) is 0. The highest BCUT2D eigenvalue weighted by atomic mass is 28.4. The summed E-state index contributed by atoms with van der Waals surface area (Å²) in [5.41, 5.74) is 5.72. The third-order valence-corrected chi connectivity index (χ3v) is 4.51. The summed E-state index contributed by atoms with van der Waals surface area (Å²) in [7, 11) is 1.97. The first-order valence-electron chi connectivity index (χ1n) is 5.83. The van der Waals surface area contributed by atoms with Gasteiger partial charge in [-0.3, -0.25) is 0 Å². The van der Waals surface area contributed by atoms with Gasteiger partial charge in [-0.25, -0.2) is 0 Å². The summed E-state index contributed by atoms with van der Waals surface area (Å²) in [5, 5.41) is 0. The SMILES string of the molecule is COCCO[Si](CN)(OCCOC)OCCOC. The van der Waals surface area contributed by atoms with Crippen molar-refractivity contribution < 1.29 is 27.5 Å². The second kappa shape index (κ2) is 12.0. The van der Waals surface area contributed by atoms with Crippen LogP contribution in [0, 0.1) is 0 Å². The van der Waals surface area contributed by atoms with Crippen molar-refractivity contribution in [1.29, 1.82) is 0 Å². The molecular formula is C10H25NO6Si. The van der Waals surface area contributed by atoms with E-state index in [0.29, 0.717) is 39.6 Å². The Kier molecular flexibility index (Phi) is 12.0. The standard InChI is InChI=1S/C10H25NO6Si/c1-12-4-7-15-18(10-11,16-8-5-13-2)17-9-6-14-3/h4-11H2,1-3H3. The first kappa shape index (κ1) is 17.9. The maximum absolute atomic E-state index is 5.72. The average Bonchev–Trinajstić information content (AvgIpc) is 2.39. The molecule has 0 aliphatic rings. The number of hydrogen-bond donors (Lipinski definition) is 1. The molecule has 0 rings (SSSR count). The predicted octanol–water partition coefficient (Wildman–Crippen LogP) is -0.588. The van der Waals surface area contributed by atoms with Gasteiger partial charge >= 0.3 is 8.80 Å². The van der Waals surface area contributed by atoms with Crippen LogP contribution in [0.2, 0.25) is 0 Å². The van der Waals surface area contributed by atoms with Gasteiger partial charge in [-0.05, 0) is 0 Å². The van der Waals surface area contributed by atoms with Crippen LogP contribution in [0.1, 0.15) is 0 Å². The molecule has 0 aliphatic heterocycles. The first-order chi connectivity index (χ1) is 8.74. The highest BCUT2D eigenvalue weighted by Gasteiger charge is 2.39. The molecular weight excluding hydrogens is 258 g/mol. The second-order valence-corrected chi connectivity index (χ2v) is 6.05. The van der Waals surface area contributed by atoms with E-state index in [9.17, 15) is 0 Å². The van der Waals surface area contributed by atoms with Crippen molar-refractivity contribution in [2.45, 2.75) is 0 Å². The monoisotopic (exact) mass is 283 g/mol. The lowest BCUT2D eigenvalue weighted by Crippen LogP contribution is -2.54. The molecule has 0 amide bonds. The van der Waals surface area contributed by atoms with Gasteiger partial charge in [0, 0.05) is 21.3 Å². The molecule has 0 saturated heterocycles. The van der Waals surface area contributed by atoms with Crippen molar-refractivity contribution >= 4 is 8.80 Å². The first-order valence-corrected chi connectivity index (χ1v) is 7.76. The van der Waals surface area contributed by atoms with Crippen LogP contribution >= 0.6 is 0 Å². The van der Waals surface area contributed by atoms with Crippen molar-refractivity contribution in [3.05, 3.63) is 0 Å². The normalized spacial score (nSPS) is 12.0. The van der Waals surface area contributed by atoms with Crippen molar-refractivity contribution in [3.8, 4) is 0 Å². The fourth-order valence-corrected chi connectivity index (χ4v) is 2.93. The topological polar surface area (TPSA) is 81.4 Å². The molecule has 0 aliphatic carbocycles. The van der Waals surface area contributed by atoms with Gasteiger partial charge in [-0.1, -0.05) is 0 Å². The lowest BCUT2D eigenvalue weighted by molar-refractivity contribution is 0.0156. The number of nitrogens with two attached hydrogens (primary N) is 1. The van der Waals surface area contributed by atoms with Gasteiger partial charge in [0.15, 0.2) is 0 Å². The Labute approximate surface area is 110 Å². The largest absolute Gasteiger partial charge is 0.515 e. The summed E-state index contributed by atoms with van der Waals surface area (Å²) in [6.45, 7) is 2.57. The van der Waals surface area contributed by atoms with E-state index in [1.165, 1.54) is 0 Å². The Balaban J connectivity index is 4.20. The fourth-order valence-electron chi connectivity index (χ4n) is 1.14. The molecule has 7 nitrogen and oxygen atoms in total. The third kappa shape index (κ3) is 8.11. The van der Waals surface area contributed by atoms with Crippen LogP contribution in [-0.4, -0.2) is 75.9 Å². The van der Waals surface area contributed by atoms with Gasteiger partial charge in [0.05, 0.1) is 45.8 Å². The highest BCUT2D eigenvalue weighted by molar-refractivity contribution is 6.60. The zero-order valence-corrected chi connectivity index (χ0v) is 12.5. The molecule has 0 fully saturated rings. The molecule has 0 atom stereocenters. The lowest BCUT2D eigenvalue weighted by Gasteiger charge is -2.28. The Bertz CT molecular complexity index is 159. The van der Waals surface area contributed by atoms with E-state index in [2.05, 4.69) is 0 Å². The molecule has 0 aromatic carbocycles. The van der Waals surface area contributed by atoms with Gasteiger partial charge in [0.25, 0.3) is 0 Å². The van der Waals surface area contributed by atoms with Crippen LogP contribution in [0.25, 0.3) is 0 Å². The third-order valence-electron chi connectivity index (χ3n) is 2.08. The summed E-state index contributed by atoms with van der Waals surface area (Å²) in [4.78, 5) is 0. The van der Waals surface area contributed by atoms with Crippen molar-refractivity contribution in [2.75, 3.05) is 67.1 Å². The Morgan fingerprint density at radius 1 is 0.667 bits per heavy atom. The van der Waals surface area contributed by atoms with Crippen LogP contribution in [0.15, 0.2) is 0 Å². The highest BCUT2D eigenvalue weighted by Crippen LogP contribution is 2.08. The van der Waals surface area contributed by atoms with E-state index in [-0.39, 0.29) is 6.17 Å². The Morgan fingerprint density at radius 3 is 1.22 bits per heavy atom. The van der Waals surface area contributed by atoms with Gasteiger partial charge < -0.3 is 33.2 Å². The average molecular weight is 283 g/mol. The molecule has 0 aromatic heterocycles. The quantitative estimate of drug-likeness (QED) is 0.357. The van der Waals surface area contributed by atoms with Crippen LogP contribution in [-0.2, 0) is 27.5 Å². The molecule has 2 N–H and O–H groups in total.